The molecule has 4 rings (SSSR count). The van der Waals surface area contributed by atoms with Gasteiger partial charge in [-0.05, 0) is 71.4 Å². The lowest BCUT2D eigenvalue weighted by atomic mass is 10.2. The van der Waals surface area contributed by atoms with Gasteiger partial charge in [-0.2, -0.15) is 5.10 Å². The Morgan fingerprint density at radius 2 is 1.85 bits per heavy atom. The molecule has 0 aliphatic heterocycles. The van der Waals surface area contributed by atoms with Crippen molar-refractivity contribution >= 4 is 23.7 Å². The number of anilines is 2. The summed E-state index contributed by atoms with van der Waals surface area (Å²) in [5, 5.41) is 7.01. The Balaban J connectivity index is 1.53. The maximum Gasteiger partial charge on any atom is 0.407 e. The van der Waals surface area contributed by atoms with Crippen molar-refractivity contribution in [2.24, 2.45) is 0 Å². The number of nitrogens with zero attached hydrogens (tertiary/aromatic N) is 5. The van der Waals surface area contributed by atoms with Gasteiger partial charge in [0, 0.05) is 30.4 Å². The van der Waals surface area contributed by atoms with E-state index in [9.17, 15) is 14.0 Å². The van der Waals surface area contributed by atoms with Gasteiger partial charge in [0.15, 0.2) is 12.4 Å². The second-order valence-corrected chi connectivity index (χ2v) is 10.1. The third-order valence-corrected chi connectivity index (χ3v) is 5.42. The average molecular weight is 551 g/mol. The Labute approximate surface area is 230 Å². The van der Waals surface area contributed by atoms with E-state index in [1.165, 1.54) is 23.4 Å². The minimum atomic E-state index is -0.667. The molecule has 4 aromatic rings. The molecule has 3 aromatic heterocycles. The van der Waals surface area contributed by atoms with Crippen LogP contribution in [-0.4, -0.2) is 44.0 Å². The van der Waals surface area contributed by atoms with Gasteiger partial charge < -0.3 is 19.2 Å². The smallest absolute Gasteiger partial charge is 0.407 e. The molecule has 0 aliphatic rings. The molecular formula is C28H31FN6O5. The third kappa shape index (κ3) is 7.22. The lowest BCUT2D eigenvalue weighted by Crippen LogP contribution is -2.32. The lowest BCUT2D eigenvalue weighted by molar-refractivity contribution is -0.120. The quantitative estimate of drug-likeness (QED) is 0.322. The van der Waals surface area contributed by atoms with E-state index < -0.39 is 30.0 Å². The second-order valence-electron chi connectivity index (χ2n) is 10.1. The summed E-state index contributed by atoms with van der Waals surface area (Å²) in [6.45, 7) is 10.3. The summed E-state index contributed by atoms with van der Waals surface area (Å²) in [6, 6.07) is 10.8. The molecule has 0 atom stereocenters. The number of rotatable bonds is 8. The number of amides is 2. The molecule has 40 heavy (non-hydrogen) atoms. The van der Waals surface area contributed by atoms with Crippen molar-refractivity contribution in [3.8, 4) is 11.6 Å². The molecule has 3 heterocycles. The van der Waals surface area contributed by atoms with E-state index in [0.717, 1.165) is 17.5 Å². The first-order chi connectivity index (χ1) is 18.9. The largest absolute Gasteiger partial charge is 0.484 e. The molecular weight excluding hydrogens is 519 g/mol. The SMILES string of the molecule is Cc1cc(C)n(-c2cc(N(C(=O)COc3cc(F)cc(CNC(=O)OC(C)(C)C)c3)c3ccc(C)o3)ncn2)n1. The van der Waals surface area contributed by atoms with Crippen molar-refractivity contribution in [3.05, 3.63) is 77.3 Å². The van der Waals surface area contributed by atoms with Gasteiger partial charge >= 0.3 is 6.09 Å². The van der Waals surface area contributed by atoms with Crippen molar-refractivity contribution in [1.29, 1.82) is 0 Å². The molecule has 0 saturated heterocycles. The molecule has 11 nitrogen and oxygen atoms in total. The van der Waals surface area contributed by atoms with Crippen LogP contribution in [0.2, 0.25) is 0 Å². The third-order valence-electron chi connectivity index (χ3n) is 5.42. The van der Waals surface area contributed by atoms with Gasteiger partial charge in [-0.15, -0.1) is 0 Å². The van der Waals surface area contributed by atoms with Crippen LogP contribution in [0, 0.1) is 26.6 Å². The number of nitrogens with one attached hydrogen (secondary N) is 1. The Kier molecular flexibility index (Phi) is 8.17. The van der Waals surface area contributed by atoms with E-state index in [1.54, 1.807) is 50.6 Å². The average Bonchev–Trinajstić information content (AvgIpc) is 3.44. The number of aryl methyl sites for hydroxylation is 3. The van der Waals surface area contributed by atoms with Gasteiger partial charge in [0.1, 0.15) is 35.1 Å². The monoisotopic (exact) mass is 550 g/mol. The second kappa shape index (κ2) is 11.6. The zero-order valence-corrected chi connectivity index (χ0v) is 23.2. The summed E-state index contributed by atoms with van der Waals surface area (Å²) in [7, 11) is 0. The molecule has 0 unspecified atom stereocenters. The van der Waals surface area contributed by atoms with Crippen LogP contribution in [0.4, 0.5) is 20.9 Å². The van der Waals surface area contributed by atoms with Crippen molar-refractivity contribution in [2.75, 3.05) is 11.5 Å². The van der Waals surface area contributed by atoms with E-state index in [2.05, 4.69) is 20.4 Å². The first-order valence-corrected chi connectivity index (χ1v) is 12.5. The van der Waals surface area contributed by atoms with Crippen LogP contribution in [0.15, 0.2) is 53.2 Å². The normalized spacial score (nSPS) is 11.3. The molecule has 0 bridgehead atoms. The lowest BCUT2D eigenvalue weighted by Gasteiger charge is -2.20. The van der Waals surface area contributed by atoms with Crippen LogP contribution in [0.3, 0.4) is 0 Å². The summed E-state index contributed by atoms with van der Waals surface area (Å²) >= 11 is 0. The van der Waals surface area contributed by atoms with Gasteiger partial charge in [-0.25, -0.2) is 28.7 Å². The standard InChI is InChI=1S/C28H31FN6O5/c1-17-9-18(2)35(33-17)24-13-23(31-16-32-24)34(26-8-7-19(3)39-26)25(36)15-38-22-11-20(10-21(29)12-22)14-30-27(37)40-28(4,5)6/h7-13,16H,14-15H2,1-6H3,(H,30,37). The van der Waals surface area contributed by atoms with Gasteiger partial charge in [0.25, 0.3) is 5.91 Å². The number of halogens is 1. The number of ether oxygens (including phenoxy) is 2. The molecule has 0 spiro atoms. The number of benzene rings is 1. The number of carbonyl (C=O) groups excluding carboxylic acids is 2. The maximum atomic E-state index is 14.3. The fraction of sp³-hybridized carbons (Fsp3) is 0.321. The van der Waals surface area contributed by atoms with Crippen LogP contribution in [0.25, 0.3) is 5.82 Å². The summed E-state index contributed by atoms with van der Waals surface area (Å²) in [6.07, 6.45) is 0.692. The molecule has 0 fully saturated rings. The van der Waals surface area contributed by atoms with E-state index >= 15 is 0 Å². The molecule has 2 amide bonds. The molecule has 0 aliphatic carbocycles. The van der Waals surface area contributed by atoms with Gasteiger partial charge in [-0.3, -0.25) is 4.79 Å². The zero-order chi connectivity index (χ0) is 29.0. The highest BCUT2D eigenvalue weighted by atomic mass is 19.1. The summed E-state index contributed by atoms with van der Waals surface area (Å²) in [5.74, 6) is 0.516. The molecule has 1 N–H and O–H groups in total. The minimum absolute atomic E-state index is 0.00477. The van der Waals surface area contributed by atoms with Crippen molar-refractivity contribution in [2.45, 2.75) is 53.7 Å². The number of aromatic nitrogens is 4. The van der Waals surface area contributed by atoms with Crippen LogP contribution < -0.4 is 15.0 Å². The highest BCUT2D eigenvalue weighted by Crippen LogP contribution is 2.27. The molecule has 0 saturated carbocycles. The Morgan fingerprint density at radius 1 is 1.07 bits per heavy atom. The van der Waals surface area contributed by atoms with Crippen LogP contribution in [0.1, 0.15) is 43.5 Å². The zero-order valence-electron chi connectivity index (χ0n) is 23.2. The topological polar surface area (TPSA) is 125 Å². The first-order valence-electron chi connectivity index (χ1n) is 12.5. The van der Waals surface area contributed by atoms with Crippen LogP contribution >= 0.6 is 0 Å². The highest BCUT2D eigenvalue weighted by Gasteiger charge is 2.24. The van der Waals surface area contributed by atoms with Gasteiger partial charge in [0.05, 0.1) is 5.69 Å². The van der Waals surface area contributed by atoms with E-state index in [0.29, 0.717) is 17.1 Å². The molecule has 12 heteroatoms. The number of hydrogen-bond donors (Lipinski definition) is 1. The highest BCUT2D eigenvalue weighted by molar-refractivity contribution is 5.99. The Bertz CT molecular complexity index is 1520. The van der Waals surface area contributed by atoms with Gasteiger partial charge in [0.2, 0.25) is 5.88 Å². The summed E-state index contributed by atoms with van der Waals surface area (Å²) in [5.41, 5.74) is 1.44. The summed E-state index contributed by atoms with van der Waals surface area (Å²) < 4.78 is 32.6. The summed E-state index contributed by atoms with van der Waals surface area (Å²) in [4.78, 5) is 35.3. The minimum Gasteiger partial charge on any atom is -0.484 e. The predicted octanol–water partition coefficient (Wildman–Crippen LogP) is 5.09. The number of furan rings is 1. The maximum absolute atomic E-state index is 14.3. The van der Waals surface area contributed by atoms with Gasteiger partial charge in [-0.1, -0.05) is 0 Å². The van der Waals surface area contributed by atoms with Crippen molar-refractivity contribution < 1.29 is 27.9 Å². The van der Waals surface area contributed by atoms with Crippen LogP contribution in [0.5, 0.6) is 5.75 Å². The Hall–Kier alpha value is -4.74. The van der Waals surface area contributed by atoms with Crippen molar-refractivity contribution in [3.63, 3.8) is 0 Å². The first kappa shape index (κ1) is 28.3. The van der Waals surface area contributed by atoms with E-state index in [4.69, 9.17) is 13.9 Å². The van der Waals surface area contributed by atoms with E-state index in [-0.39, 0.29) is 24.0 Å². The number of hydrogen-bond acceptors (Lipinski definition) is 8. The Morgan fingerprint density at radius 3 is 2.50 bits per heavy atom. The molecule has 0 radical (unpaired) electrons. The molecule has 1 aromatic carbocycles. The fourth-order valence-electron chi connectivity index (χ4n) is 3.85. The fourth-order valence-corrected chi connectivity index (χ4v) is 3.85. The predicted molar refractivity (Wildman–Crippen MR) is 144 cm³/mol. The number of alkyl carbamates (subject to hydrolysis) is 1. The number of carbonyl (C=O) groups is 2. The van der Waals surface area contributed by atoms with Crippen molar-refractivity contribution in [1.82, 2.24) is 25.1 Å². The van der Waals surface area contributed by atoms with E-state index in [1.807, 2.05) is 19.9 Å². The molecule has 210 valence electrons. The van der Waals surface area contributed by atoms with Crippen LogP contribution in [-0.2, 0) is 16.1 Å².